The first-order valence-electron chi connectivity index (χ1n) is 5.84. The summed E-state index contributed by atoms with van der Waals surface area (Å²) >= 11 is 0. The topological polar surface area (TPSA) is 20.3 Å². The number of benzene rings is 1. The Balaban J connectivity index is 2.23. The van der Waals surface area contributed by atoms with Gasteiger partial charge in [-0.3, -0.25) is 4.79 Å². The highest BCUT2D eigenvalue weighted by Gasteiger charge is 2.31. The lowest BCUT2D eigenvalue weighted by Gasteiger charge is -2.26. The van der Waals surface area contributed by atoms with Crippen LogP contribution in [-0.2, 0) is 11.2 Å². The maximum atomic E-state index is 12.2. The molecule has 2 aliphatic rings. The number of nitrogens with zero attached hydrogens (tertiary/aromatic N) is 1. The Morgan fingerprint density at radius 3 is 3.12 bits per heavy atom. The molecule has 0 N–H and O–H groups in total. The Morgan fingerprint density at radius 1 is 1.38 bits per heavy atom. The number of likely N-dealkylation sites (N-methyl/N-ethyl adjacent to an activating group) is 1. The fourth-order valence-electron chi connectivity index (χ4n) is 2.82. The van der Waals surface area contributed by atoms with Gasteiger partial charge in [0.15, 0.2) is 0 Å². The molecule has 1 aliphatic carbocycles. The first-order chi connectivity index (χ1) is 7.77. The molecule has 1 aliphatic heterocycles. The molecule has 1 atom stereocenters. The number of carbonyl (C=O) groups is 1. The number of carbonyl (C=O) groups excluding carboxylic acids is 1. The van der Waals surface area contributed by atoms with Crippen LogP contribution >= 0.6 is 0 Å². The van der Waals surface area contributed by atoms with Crippen LogP contribution in [0.15, 0.2) is 24.4 Å². The van der Waals surface area contributed by atoms with Crippen molar-refractivity contribution in [1.29, 1.82) is 0 Å². The normalized spacial score (nSPS) is 22.9. The minimum absolute atomic E-state index is 0.0833. The van der Waals surface area contributed by atoms with E-state index in [2.05, 4.69) is 24.3 Å². The van der Waals surface area contributed by atoms with E-state index in [4.69, 9.17) is 0 Å². The molecule has 0 saturated heterocycles. The second-order valence-corrected chi connectivity index (χ2v) is 4.63. The first-order valence-corrected chi connectivity index (χ1v) is 5.84. The van der Waals surface area contributed by atoms with Gasteiger partial charge in [0.2, 0.25) is 5.91 Å². The predicted octanol–water partition coefficient (Wildman–Crippen LogP) is 2.55. The average Bonchev–Trinajstić information content (AvgIpc) is 2.44. The van der Waals surface area contributed by atoms with Crippen molar-refractivity contribution in [2.45, 2.75) is 25.2 Å². The van der Waals surface area contributed by atoms with E-state index in [1.807, 2.05) is 13.2 Å². The number of amides is 1. The van der Waals surface area contributed by atoms with Crippen LogP contribution in [0.25, 0.3) is 6.08 Å². The predicted molar refractivity (Wildman–Crippen MR) is 63.9 cm³/mol. The van der Waals surface area contributed by atoms with Gasteiger partial charge in [-0.05, 0) is 42.0 Å². The van der Waals surface area contributed by atoms with E-state index in [1.165, 1.54) is 16.7 Å². The van der Waals surface area contributed by atoms with Crippen LogP contribution in [0.1, 0.15) is 35.4 Å². The van der Waals surface area contributed by atoms with Crippen molar-refractivity contribution in [3.8, 4) is 0 Å². The smallest absolute Gasteiger partial charge is 0.233 e. The van der Waals surface area contributed by atoms with Crippen molar-refractivity contribution in [2.75, 3.05) is 7.05 Å². The fraction of sp³-hybridized carbons (Fsp3) is 0.357. The summed E-state index contributed by atoms with van der Waals surface area (Å²) in [6.45, 7) is 0. The van der Waals surface area contributed by atoms with E-state index in [0.29, 0.717) is 0 Å². The van der Waals surface area contributed by atoms with E-state index >= 15 is 0 Å². The summed E-state index contributed by atoms with van der Waals surface area (Å²) in [6.07, 6.45) is 7.18. The largest absolute Gasteiger partial charge is 0.322 e. The molecular formula is C14H15NO. The van der Waals surface area contributed by atoms with Crippen molar-refractivity contribution in [2.24, 2.45) is 0 Å². The van der Waals surface area contributed by atoms with Crippen molar-refractivity contribution in [3.05, 3.63) is 41.1 Å². The van der Waals surface area contributed by atoms with Crippen molar-refractivity contribution in [3.63, 3.8) is 0 Å². The SMILES string of the molecule is CN1C=Cc2cccc3c2C(CCC3)C1=O. The Hall–Kier alpha value is -1.57. The maximum Gasteiger partial charge on any atom is 0.233 e. The quantitative estimate of drug-likeness (QED) is 0.648. The summed E-state index contributed by atoms with van der Waals surface area (Å²) in [5, 5.41) is 0. The maximum absolute atomic E-state index is 12.2. The summed E-state index contributed by atoms with van der Waals surface area (Å²) < 4.78 is 0. The summed E-state index contributed by atoms with van der Waals surface area (Å²) in [7, 11) is 1.85. The zero-order valence-corrected chi connectivity index (χ0v) is 9.44. The Bertz CT molecular complexity index is 476. The van der Waals surface area contributed by atoms with Gasteiger partial charge in [0.05, 0.1) is 5.92 Å². The van der Waals surface area contributed by atoms with E-state index in [0.717, 1.165) is 19.3 Å². The van der Waals surface area contributed by atoms with Crippen LogP contribution in [-0.4, -0.2) is 17.9 Å². The van der Waals surface area contributed by atoms with E-state index in [1.54, 1.807) is 4.90 Å². The van der Waals surface area contributed by atoms with Crippen molar-refractivity contribution in [1.82, 2.24) is 4.90 Å². The van der Waals surface area contributed by atoms with Crippen LogP contribution < -0.4 is 0 Å². The molecule has 0 saturated carbocycles. The number of rotatable bonds is 0. The average molecular weight is 213 g/mol. The molecule has 1 aromatic rings. The number of hydrogen-bond acceptors (Lipinski definition) is 1. The van der Waals surface area contributed by atoms with Crippen molar-refractivity contribution < 1.29 is 4.79 Å². The molecule has 2 nitrogen and oxygen atoms in total. The van der Waals surface area contributed by atoms with Gasteiger partial charge in [-0.15, -0.1) is 0 Å². The molecule has 1 amide bonds. The standard InChI is InChI=1S/C14H15NO/c1-15-9-8-11-5-2-4-10-6-3-7-12(13(10)11)14(15)16/h2,4-5,8-9,12H,3,6-7H2,1H3. The molecule has 1 aromatic carbocycles. The van der Waals surface area contributed by atoms with Gasteiger partial charge in [-0.1, -0.05) is 18.2 Å². The van der Waals surface area contributed by atoms with Gasteiger partial charge in [0.1, 0.15) is 0 Å². The fourth-order valence-corrected chi connectivity index (χ4v) is 2.82. The van der Waals surface area contributed by atoms with Gasteiger partial charge < -0.3 is 4.90 Å². The molecule has 1 heterocycles. The van der Waals surface area contributed by atoms with Crippen LogP contribution in [0.3, 0.4) is 0 Å². The van der Waals surface area contributed by atoms with Crippen LogP contribution in [0.4, 0.5) is 0 Å². The molecule has 1 unspecified atom stereocenters. The number of hydrogen-bond donors (Lipinski definition) is 0. The summed E-state index contributed by atoms with van der Waals surface area (Å²) in [6, 6.07) is 6.37. The highest BCUT2D eigenvalue weighted by atomic mass is 16.2. The molecule has 0 spiro atoms. The van der Waals surface area contributed by atoms with Crippen LogP contribution in [0.2, 0.25) is 0 Å². The summed E-state index contributed by atoms with van der Waals surface area (Å²) in [4.78, 5) is 13.9. The molecule has 0 aromatic heterocycles. The zero-order chi connectivity index (χ0) is 11.1. The lowest BCUT2D eigenvalue weighted by molar-refractivity contribution is -0.129. The lowest BCUT2D eigenvalue weighted by atomic mass is 9.80. The van der Waals surface area contributed by atoms with Gasteiger partial charge in [-0.2, -0.15) is 0 Å². The minimum Gasteiger partial charge on any atom is -0.322 e. The molecule has 82 valence electrons. The van der Waals surface area contributed by atoms with Gasteiger partial charge in [0.25, 0.3) is 0 Å². The third-order valence-corrected chi connectivity index (χ3v) is 3.64. The van der Waals surface area contributed by atoms with Gasteiger partial charge in [-0.25, -0.2) is 0 Å². The molecule has 16 heavy (non-hydrogen) atoms. The van der Waals surface area contributed by atoms with E-state index in [9.17, 15) is 4.79 Å². The number of aryl methyl sites for hydroxylation is 1. The molecular weight excluding hydrogens is 198 g/mol. The third kappa shape index (κ3) is 1.29. The lowest BCUT2D eigenvalue weighted by Crippen LogP contribution is -2.28. The monoisotopic (exact) mass is 213 g/mol. The highest BCUT2D eigenvalue weighted by molar-refractivity contribution is 5.88. The zero-order valence-electron chi connectivity index (χ0n) is 9.44. The third-order valence-electron chi connectivity index (χ3n) is 3.64. The first kappa shape index (κ1) is 9.64. The molecule has 2 heteroatoms. The summed E-state index contributed by atoms with van der Waals surface area (Å²) in [5.74, 6) is 0.321. The van der Waals surface area contributed by atoms with Crippen LogP contribution in [0, 0.1) is 0 Å². The second kappa shape index (κ2) is 3.48. The van der Waals surface area contributed by atoms with Crippen molar-refractivity contribution >= 4 is 12.0 Å². The Kier molecular flexibility index (Phi) is 2.10. The minimum atomic E-state index is 0.0833. The Labute approximate surface area is 95.6 Å². The van der Waals surface area contributed by atoms with Gasteiger partial charge in [0, 0.05) is 13.2 Å². The molecule has 3 rings (SSSR count). The van der Waals surface area contributed by atoms with Gasteiger partial charge >= 0.3 is 0 Å². The summed E-state index contributed by atoms with van der Waals surface area (Å²) in [5.41, 5.74) is 3.86. The Morgan fingerprint density at radius 2 is 2.25 bits per heavy atom. The molecule has 0 bridgehead atoms. The van der Waals surface area contributed by atoms with Crippen LogP contribution in [0.5, 0.6) is 0 Å². The highest BCUT2D eigenvalue weighted by Crippen LogP contribution is 2.37. The molecule has 0 fully saturated rings. The molecule has 0 radical (unpaired) electrons. The van der Waals surface area contributed by atoms with E-state index in [-0.39, 0.29) is 11.8 Å². The second-order valence-electron chi connectivity index (χ2n) is 4.63. The van der Waals surface area contributed by atoms with E-state index < -0.39 is 0 Å².